The summed E-state index contributed by atoms with van der Waals surface area (Å²) in [6.07, 6.45) is 3.90. The molecule has 0 aromatic rings. The summed E-state index contributed by atoms with van der Waals surface area (Å²) in [4.78, 5) is 0. The third kappa shape index (κ3) is 2.86. The molecule has 1 fully saturated rings. The van der Waals surface area contributed by atoms with Crippen LogP contribution in [0.5, 0.6) is 0 Å². The zero-order valence-corrected chi connectivity index (χ0v) is 6.56. The van der Waals surface area contributed by atoms with Crippen molar-refractivity contribution in [2.75, 3.05) is 13.1 Å². The molecular weight excluding hydrogens is 148 g/mol. The van der Waals surface area contributed by atoms with Crippen LogP contribution in [0.15, 0.2) is 11.6 Å². The van der Waals surface area contributed by atoms with Gasteiger partial charge in [-0.25, -0.2) is 0 Å². The van der Waals surface area contributed by atoms with Gasteiger partial charge in [-0.15, -0.1) is 0 Å². The van der Waals surface area contributed by atoms with Gasteiger partial charge in [0.05, 0.1) is 19.2 Å². The Morgan fingerprint density at radius 2 is 2.00 bits per heavy atom. The standard InChI is InChI=1S/C7H10N2.ClH/c8-4-1-7-2-5-9-6-3-7;/h1,9H,2-3,5-6H2;1H. The topological polar surface area (TPSA) is 40.4 Å². The van der Waals surface area contributed by atoms with Crippen molar-refractivity contribution in [3.63, 3.8) is 0 Å². The molecule has 2 N–H and O–H groups in total. The molecule has 0 aliphatic carbocycles. The molecule has 0 spiro atoms. The van der Waals surface area contributed by atoms with Crippen LogP contribution >= 0.6 is 0 Å². The number of nitrogens with zero attached hydrogens (tertiary/aromatic N) is 1. The lowest BCUT2D eigenvalue weighted by Gasteiger charge is -2.10. The largest absolute Gasteiger partial charge is 1.00 e. The second kappa shape index (κ2) is 5.28. The van der Waals surface area contributed by atoms with Gasteiger partial charge in [-0.1, -0.05) is 0 Å². The van der Waals surface area contributed by atoms with Crippen LogP contribution in [0, 0.1) is 11.3 Å². The molecule has 0 unspecified atom stereocenters. The van der Waals surface area contributed by atoms with E-state index in [2.05, 4.69) is 11.4 Å². The first-order valence-electron chi connectivity index (χ1n) is 3.32. The zero-order chi connectivity index (χ0) is 6.53. The number of nitrogens with two attached hydrogens (primary N) is 1. The number of nitriles is 1. The molecule has 1 saturated heterocycles. The number of halogens is 1. The van der Waals surface area contributed by atoms with Crippen molar-refractivity contribution in [3.05, 3.63) is 11.6 Å². The van der Waals surface area contributed by atoms with E-state index in [1.807, 2.05) is 0 Å². The van der Waals surface area contributed by atoms with Crippen molar-refractivity contribution in [1.29, 1.82) is 5.26 Å². The highest BCUT2D eigenvalue weighted by atomic mass is 35.5. The lowest BCUT2D eigenvalue weighted by atomic mass is 10.1. The van der Waals surface area contributed by atoms with Gasteiger partial charge in [0.15, 0.2) is 0 Å². The van der Waals surface area contributed by atoms with Crippen molar-refractivity contribution in [3.8, 4) is 6.07 Å². The second-order valence-corrected chi connectivity index (χ2v) is 2.30. The normalized spacial score (nSPS) is 16.9. The molecule has 1 rings (SSSR count). The predicted molar refractivity (Wildman–Crippen MR) is 34.6 cm³/mol. The van der Waals surface area contributed by atoms with E-state index in [9.17, 15) is 0 Å². The first-order valence-corrected chi connectivity index (χ1v) is 3.32. The number of rotatable bonds is 0. The Morgan fingerprint density at radius 1 is 1.40 bits per heavy atom. The molecule has 2 nitrogen and oxygen atoms in total. The van der Waals surface area contributed by atoms with Gasteiger partial charge in [-0.3, -0.25) is 0 Å². The number of quaternary nitrogens is 1. The third-order valence-electron chi connectivity index (χ3n) is 1.61. The Labute approximate surface area is 67.3 Å². The van der Waals surface area contributed by atoms with E-state index in [1.54, 1.807) is 6.08 Å². The van der Waals surface area contributed by atoms with Crippen molar-refractivity contribution >= 4 is 0 Å². The van der Waals surface area contributed by atoms with Crippen LogP contribution in [-0.2, 0) is 0 Å². The van der Waals surface area contributed by atoms with Crippen LogP contribution < -0.4 is 17.7 Å². The number of piperidine rings is 1. The molecule has 0 amide bonds. The van der Waals surface area contributed by atoms with Crippen molar-refractivity contribution in [2.24, 2.45) is 0 Å². The maximum Gasteiger partial charge on any atom is 0.0911 e. The first kappa shape index (κ1) is 9.48. The molecule has 0 aromatic carbocycles. The van der Waals surface area contributed by atoms with Gasteiger partial charge in [0.1, 0.15) is 0 Å². The lowest BCUT2D eigenvalue weighted by Crippen LogP contribution is -3.00. The van der Waals surface area contributed by atoms with Crippen LogP contribution in [0.4, 0.5) is 0 Å². The quantitative estimate of drug-likeness (QED) is 0.371. The summed E-state index contributed by atoms with van der Waals surface area (Å²) in [5.41, 5.74) is 1.32. The van der Waals surface area contributed by atoms with Gasteiger partial charge in [-0.05, 0) is 5.57 Å². The van der Waals surface area contributed by atoms with Crippen LogP contribution in [0.25, 0.3) is 0 Å². The number of hydrogen-bond acceptors (Lipinski definition) is 1. The highest BCUT2D eigenvalue weighted by Gasteiger charge is 2.05. The molecule has 0 bridgehead atoms. The highest BCUT2D eigenvalue weighted by Crippen LogP contribution is 2.04. The molecule has 0 saturated carbocycles. The third-order valence-corrected chi connectivity index (χ3v) is 1.61. The fourth-order valence-corrected chi connectivity index (χ4v) is 1.08. The summed E-state index contributed by atoms with van der Waals surface area (Å²) in [6, 6.07) is 2.06. The molecule has 0 radical (unpaired) electrons. The van der Waals surface area contributed by atoms with E-state index in [-0.39, 0.29) is 12.4 Å². The maximum absolute atomic E-state index is 8.28. The van der Waals surface area contributed by atoms with Gasteiger partial charge < -0.3 is 17.7 Å². The molecule has 0 atom stereocenters. The van der Waals surface area contributed by atoms with Crippen LogP contribution in [0.2, 0.25) is 0 Å². The highest BCUT2D eigenvalue weighted by molar-refractivity contribution is 5.13. The Bertz CT molecular complexity index is 149. The Kier molecular flexibility index (Phi) is 5.00. The van der Waals surface area contributed by atoms with E-state index in [1.165, 1.54) is 5.57 Å². The fourth-order valence-electron chi connectivity index (χ4n) is 1.08. The molecule has 1 aliphatic heterocycles. The number of allylic oxidation sites excluding steroid dienone is 1. The Morgan fingerprint density at radius 3 is 2.50 bits per heavy atom. The summed E-state index contributed by atoms with van der Waals surface area (Å²) in [6.45, 7) is 2.32. The minimum Gasteiger partial charge on any atom is -1.00 e. The first-order chi connectivity index (χ1) is 4.43. The van der Waals surface area contributed by atoms with Crippen LogP contribution in [-0.4, -0.2) is 13.1 Å². The van der Waals surface area contributed by atoms with E-state index < -0.39 is 0 Å². The molecule has 0 aromatic heterocycles. The monoisotopic (exact) mass is 158 g/mol. The minimum atomic E-state index is 0. The molecule has 3 heteroatoms. The average Bonchev–Trinajstić information content (AvgIpc) is 1.91. The molecule has 10 heavy (non-hydrogen) atoms. The summed E-state index contributed by atoms with van der Waals surface area (Å²) in [7, 11) is 0. The average molecular weight is 159 g/mol. The van der Waals surface area contributed by atoms with E-state index >= 15 is 0 Å². The van der Waals surface area contributed by atoms with Gasteiger partial charge in [0.2, 0.25) is 0 Å². The molecule has 1 aliphatic rings. The second-order valence-electron chi connectivity index (χ2n) is 2.30. The van der Waals surface area contributed by atoms with Crippen molar-refractivity contribution in [2.45, 2.75) is 12.8 Å². The molecule has 56 valence electrons. The lowest BCUT2D eigenvalue weighted by molar-refractivity contribution is -0.658. The summed E-state index contributed by atoms with van der Waals surface area (Å²) in [5.74, 6) is 0. The van der Waals surface area contributed by atoms with Crippen LogP contribution in [0.3, 0.4) is 0 Å². The van der Waals surface area contributed by atoms with Crippen molar-refractivity contribution in [1.82, 2.24) is 0 Å². The minimum absolute atomic E-state index is 0. The fraction of sp³-hybridized carbons (Fsp3) is 0.571. The number of hydrogen-bond donors (Lipinski definition) is 1. The summed E-state index contributed by atoms with van der Waals surface area (Å²) < 4.78 is 0. The Balaban J connectivity index is 0.000000810. The van der Waals surface area contributed by atoms with Gasteiger partial charge in [-0.2, -0.15) is 5.26 Å². The van der Waals surface area contributed by atoms with Gasteiger partial charge in [0, 0.05) is 18.9 Å². The SMILES string of the molecule is N#CC=C1CC[NH2+]CC1.[Cl-]. The summed E-state index contributed by atoms with van der Waals surface area (Å²) >= 11 is 0. The molecular formula is C7H11ClN2. The van der Waals surface area contributed by atoms with E-state index in [4.69, 9.17) is 5.26 Å². The van der Waals surface area contributed by atoms with E-state index in [0.29, 0.717) is 0 Å². The molecule has 1 heterocycles. The van der Waals surface area contributed by atoms with Crippen molar-refractivity contribution < 1.29 is 17.7 Å². The van der Waals surface area contributed by atoms with Crippen LogP contribution in [0.1, 0.15) is 12.8 Å². The predicted octanol–water partition coefficient (Wildman–Crippen LogP) is -3.20. The smallest absolute Gasteiger partial charge is 0.0911 e. The Hall–Kier alpha value is -0.520. The summed E-state index contributed by atoms with van der Waals surface area (Å²) in [5, 5.41) is 10.6. The zero-order valence-electron chi connectivity index (χ0n) is 5.81. The maximum atomic E-state index is 8.28. The van der Waals surface area contributed by atoms with E-state index in [0.717, 1.165) is 25.9 Å². The van der Waals surface area contributed by atoms with Gasteiger partial charge in [0.25, 0.3) is 0 Å². The van der Waals surface area contributed by atoms with Gasteiger partial charge >= 0.3 is 0 Å².